The number of rotatable bonds is 2. The first-order valence-corrected chi connectivity index (χ1v) is 16.1. The van der Waals surface area contributed by atoms with Crippen molar-refractivity contribution in [1.82, 2.24) is 4.57 Å². The zero-order valence-electron chi connectivity index (χ0n) is 18.4. The second-order valence-corrected chi connectivity index (χ2v) is 15.3. The number of hydrogen-bond acceptors (Lipinski definition) is 2. The second kappa shape index (κ2) is 6.86. The molecule has 0 aliphatic carbocycles. The third-order valence-corrected chi connectivity index (χ3v) is 14.6. The molecule has 0 atom stereocenters. The Bertz CT molecular complexity index is 1800. The molecule has 10 rings (SSSR count). The molecule has 0 saturated carbocycles. The maximum atomic E-state index is 16.0. The fourth-order valence-electron chi connectivity index (χ4n) is 6.16. The standard InChI is InChI=1S/C24H13B5FIN2OP/c30-31(32-35-28-25-29(35)26-28)17-8-5-10-19-22(17)14-12-13-21-23-24(14)33(19)18-9-3-1-6-15(18)27(23)16-7-2-4-11-20(16)34-21/h1-13H. The molecular weight excluding hydrogens is 563 g/mol. The number of nitrogens with zero attached hydrogens (tertiary/aromatic N) is 2. The molecule has 11 heteroatoms. The van der Waals surface area contributed by atoms with Crippen molar-refractivity contribution in [2.24, 2.45) is 2.96 Å². The van der Waals surface area contributed by atoms with E-state index in [1.54, 1.807) is 0 Å². The van der Waals surface area contributed by atoms with E-state index >= 15 is 2.86 Å². The topological polar surface area (TPSA) is 26.5 Å². The van der Waals surface area contributed by atoms with Gasteiger partial charge >= 0.3 is 214 Å². The van der Waals surface area contributed by atoms with Gasteiger partial charge in [0.05, 0.1) is 0 Å². The summed E-state index contributed by atoms with van der Waals surface area (Å²) in [5, 5.41) is 2.14. The molecular formula is C24H13B5FIN2OP. The van der Waals surface area contributed by atoms with Gasteiger partial charge in [-0.05, 0) is 0 Å². The molecule has 1 aromatic heterocycles. The number of halogens is 2. The monoisotopic (exact) mass is 577 g/mol. The van der Waals surface area contributed by atoms with Crippen LogP contribution in [0.5, 0.6) is 11.5 Å². The van der Waals surface area contributed by atoms with Gasteiger partial charge in [-0.15, -0.1) is 0 Å². The predicted octanol–water partition coefficient (Wildman–Crippen LogP) is 4.27. The Morgan fingerprint density at radius 1 is 0.914 bits per heavy atom. The van der Waals surface area contributed by atoms with Gasteiger partial charge in [0, 0.05) is 0 Å². The van der Waals surface area contributed by atoms with Gasteiger partial charge in [-0.2, -0.15) is 0 Å². The number of benzene rings is 4. The molecule has 3 fully saturated rings. The Kier molecular flexibility index (Phi) is 3.86. The predicted molar refractivity (Wildman–Crippen MR) is 158 cm³/mol. The van der Waals surface area contributed by atoms with Crippen LogP contribution in [0, 0.1) is 3.57 Å². The van der Waals surface area contributed by atoms with E-state index < -0.39 is 28.1 Å². The number of fused-ring (bicyclic) bond motifs is 8. The van der Waals surface area contributed by atoms with Gasteiger partial charge in [0.15, 0.2) is 0 Å². The second-order valence-electron chi connectivity index (χ2n) is 9.52. The summed E-state index contributed by atoms with van der Waals surface area (Å²) in [6.45, 7) is 0.0939. The number of para-hydroxylation sites is 2. The summed E-state index contributed by atoms with van der Waals surface area (Å²) >= 11 is -3.14. The molecule has 3 radical (unpaired) electrons. The fraction of sp³-hybridized carbons (Fsp3) is 0. The number of aromatic nitrogens is 1. The van der Waals surface area contributed by atoms with Crippen LogP contribution in [0.4, 0.5) is 2.86 Å². The Labute approximate surface area is 213 Å². The molecule has 0 unspecified atom stereocenters. The average Bonchev–Trinajstić information content (AvgIpc) is 3.20. The van der Waals surface area contributed by atoms with Crippen LogP contribution in [0.15, 0.2) is 81.8 Å². The number of ether oxygens (including phenoxy) is 1. The Hall–Kier alpha value is -2.44. The maximum absolute atomic E-state index is 16.0. The Balaban J connectivity index is 1.39. The Morgan fingerprint density at radius 2 is 1.71 bits per heavy atom. The van der Waals surface area contributed by atoms with Crippen molar-refractivity contribution in [3.63, 3.8) is 0 Å². The molecule has 0 N–H and O–H groups in total. The van der Waals surface area contributed by atoms with Crippen molar-refractivity contribution in [2.75, 3.05) is 0 Å². The molecule has 3 nitrogen and oxygen atoms in total. The van der Waals surface area contributed by atoms with Crippen LogP contribution in [-0.2, 0) is 0 Å². The third-order valence-electron chi connectivity index (χ3n) is 7.85. The van der Waals surface area contributed by atoms with E-state index in [-0.39, 0.29) is 6.71 Å². The number of hydrogen-bond donors (Lipinski definition) is 0. The molecule has 0 amide bonds. The normalized spacial score (nSPS) is 16.2. The molecule has 3 saturated heterocycles. The zero-order chi connectivity index (χ0) is 22.8. The molecule has 5 aliphatic rings. The van der Waals surface area contributed by atoms with Gasteiger partial charge in [0.2, 0.25) is 0 Å². The quantitative estimate of drug-likeness (QED) is 0.172. The summed E-state index contributed by atoms with van der Waals surface area (Å²) in [5.41, 5.74) is 7.01. The van der Waals surface area contributed by atoms with Gasteiger partial charge in [-0.25, -0.2) is 0 Å². The van der Waals surface area contributed by atoms with Gasteiger partial charge in [0.25, 0.3) is 0 Å². The van der Waals surface area contributed by atoms with Crippen LogP contribution in [0.2, 0.25) is 0 Å². The molecule has 35 heavy (non-hydrogen) atoms. The zero-order valence-corrected chi connectivity index (χ0v) is 21.5. The summed E-state index contributed by atoms with van der Waals surface area (Å²) in [6.07, 6.45) is 0.926. The van der Waals surface area contributed by atoms with E-state index in [9.17, 15) is 0 Å². The van der Waals surface area contributed by atoms with Crippen LogP contribution in [0.25, 0.3) is 27.5 Å². The summed E-state index contributed by atoms with van der Waals surface area (Å²) in [6, 6.07) is 27.3. The molecule has 5 aromatic rings. The molecule has 2 bridgehead atoms. The van der Waals surface area contributed by atoms with Crippen LogP contribution < -0.4 is 21.1 Å². The van der Waals surface area contributed by atoms with Crippen molar-refractivity contribution < 1.29 is 7.60 Å². The van der Waals surface area contributed by atoms with Gasteiger partial charge in [-0.1, -0.05) is 0 Å². The van der Waals surface area contributed by atoms with E-state index in [1.165, 1.54) is 22.1 Å². The van der Waals surface area contributed by atoms with Gasteiger partial charge in [0.1, 0.15) is 0 Å². The van der Waals surface area contributed by atoms with Crippen molar-refractivity contribution >= 4 is 99.6 Å². The molecule has 5 aliphatic heterocycles. The van der Waals surface area contributed by atoms with Crippen LogP contribution in [0.1, 0.15) is 0 Å². The van der Waals surface area contributed by atoms with E-state index in [0.717, 1.165) is 36.9 Å². The van der Waals surface area contributed by atoms with Crippen molar-refractivity contribution in [3.05, 3.63) is 82.4 Å². The minimum atomic E-state index is -3.14. The van der Waals surface area contributed by atoms with Gasteiger partial charge in [-0.3, -0.25) is 0 Å². The first-order chi connectivity index (χ1) is 17.3. The minimum absolute atomic E-state index is 0.0939. The molecule has 0 spiro atoms. The molecule has 159 valence electrons. The first-order valence-electron chi connectivity index (χ1n) is 11.8. The van der Waals surface area contributed by atoms with Gasteiger partial charge < -0.3 is 0 Å². The van der Waals surface area contributed by atoms with Crippen molar-refractivity contribution in [3.8, 4) is 17.2 Å². The summed E-state index contributed by atoms with van der Waals surface area (Å²) in [5.74, 6) is 1.81. The Morgan fingerprint density at radius 3 is 2.54 bits per heavy atom. The average molecular weight is 576 g/mol. The van der Waals surface area contributed by atoms with E-state index in [4.69, 9.17) is 7.70 Å². The molecule has 6 heterocycles. The summed E-state index contributed by atoms with van der Waals surface area (Å²) < 4.78 is 30.4. The summed E-state index contributed by atoms with van der Waals surface area (Å²) in [4.78, 5) is 0. The van der Waals surface area contributed by atoms with E-state index in [2.05, 4.69) is 79.4 Å². The van der Waals surface area contributed by atoms with E-state index in [1.807, 2.05) is 18.2 Å². The molecule has 4 aromatic carbocycles. The summed E-state index contributed by atoms with van der Waals surface area (Å²) in [7, 11) is 4.09. The first kappa shape index (κ1) is 19.7. The van der Waals surface area contributed by atoms with E-state index in [0.29, 0.717) is 12.4 Å². The van der Waals surface area contributed by atoms with Crippen molar-refractivity contribution in [1.29, 1.82) is 0 Å². The third kappa shape index (κ3) is 2.43. The van der Waals surface area contributed by atoms with Crippen LogP contribution in [0.3, 0.4) is 0 Å². The fourth-order valence-corrected chi connectivity index (χ4v) is 13.1. The van der Waals surface area contributed by atoms with Crippen LogP contribution in [-0.4, -0.2) is 37.8 Å². The van der Waals surface area contributed by atoms with Crippen LogP contribution >= 0.6 is 28.1 Å². The SMILES string of the molecule is FI(N=[P+]1B2[B]B1[B-]2)c1cccc2c1c1ccc3c4c1n2-c1ccccc1B4c1ccccc1O3. The van der Waals surface area contributed by atoms with Crippen molar-refractivity contribution in [2.45, 2.75) is 0 Å².